The van der Waals surface area contributed by atoms with Gasteiger partial charge in [-0.15, -0.1) is 0 Å². The van der Waals surface area contributed by atoms with Gasteiger partial charge in [0.25, 0.3) is 5.91 Å². The minimum atomic E-state index is -0.565. The Labute approximate surface area is 140 Å². The van der Waals surface area contributed by atoms with Crippen molar-refractivity contribution < 1.29 is 14.3 Å². The van der Waals surface area contributed by atoms with Gasteiger partial charge in [-0.2, -0.15) is 0 Å². The third kappa shape index (κ3) is 4.78. The SMILES string of the molecule is CC(CCO)CNC(=O)c1ccc(-c2ccc(Cl)cc2)cc1F. The molecule has 1 amide bonds. The van der Waals surface area contributed by atoms with E-state index in [1.54, 1.807) is 30.3 Å². The highest BCUT2D eigenvalue weighted by Crippen LogP contribution is 2.23. The monoisotopic (exact) mass is 335 g/mol. The summed E-state index contributed by atoms with van der Waals surface area (Å²) in [5.41, 5.74) is 1.53. The van der Waals surface area contributed by atoms with E-state index in [0.29, 0.717) is 23.6 Å². The molecule has 0 saturated heterocycles. The first-order valence-corrected chi connectivity index (χ1v) is 7.83. The second-order valence-corrected chi connectivity index (χ2v) is 5.97. The highest BCUT2D eigenvalue weighted by molar-refractivity contribution is 6.30. The summed E-state index contributed by atoms with van der Waals surface area (Å²) in [5.74, 6) is -0.875. The maximum Gasteiger partial charge on any atom is 0.254 e. The Morgan fingerprint density at radius 2 is 1.87 bits per heavy atom. The molecule has 5 heteroatoms. The van der Waals surface area contributed by atoms with Crippen molar-refractivity contribution >= 4 is 17.5 Å². The minimum Gasteiger partial charge on any atom is -0.396 e. The summed E-state index contributed by atoms with van der Waals surface area (Å²) in [6.45, 7) is 2.38. The fourth-order valence-electron chi connectivity index (χ4n) is 2.21. The van der Waals surface area contributed by atoms with Crippen LogP contribution in [-0.4, -0.2) is 24.2 Å². The molecule has 2 aromatic carbocycles. The molecule has 0 radical (unpaired) electrons. The van der Waals surface area contributed by atoms with Crippen molar-refractivity contribution in [2.75, 3.05) is 13.2 Å². The van der Waals surface area contributed by atoms with Crippen molar-refractivity contribution in [3.63, 3.8) is 0 Å². The second kappa shape index (κ2) is 8.09. The number of carbonyl (C=O) groups excluding carboxylic acids is 1. The zero-order valence-corrected chi connectivity index (χ0v) is 13.6. The fraction of sp³-hybridized carbons (Fsp3) is 0.278. The van der Waals surface area contributed by atoms with Crippen LogP contribution in [0, 0.1) is 11.7 Å². The lowest BCUT2D eigenvalue weighted by molar-refractivity contribution is 0.0941. The van der Waals surface area contributed by atoms with Gasteiger partial charge in [0.2, 0.25) is 0 Å². The van der Waals surface area contributed by atoms with Gasteiger partial charge in [0, 0.05) is 18.2 Å². The fourth-order valence-corrected chi connectivity index (χ4v) is 2.33. The summed E-state index contributed by atoms with van der Waals surface area (Å²) in [6.07, 6.45) is 0.596. The average molecular weight is 336 g/mol. The first kappa shape index (κ1) is 17.4. The normalized spacial score (nSPS) is 12.0. The van der Waals surface area contributed by atoms with Crippen molar-refractivity contribution in [2.45, 2.75) is 13.3 Å². The largest absolute Gasteiger partial charge is 0.396 e. The zero-order valence-electron chi connectivity index (χ0n) is 12.9. The summed E-state index contributed by atoms with van der Waals surface area (Å²) >= 11 is 5.84. The van der Waals surface area contributed by atoms with Gasteiger partial charge in [-0.3, -0.25) is 4.79 Å². The first-order valence-electron chi connectivity index (χ1n) is 7.46. The summed E-state index contributed by atoms with van der Waals surface area (Å²) in [4.78, 5) is 12.0. The second-order valence-electron chi connectivity index (χ2n) is 5.53. The topological polar surface area (TPSA) is 49.3 Å². The van der Waals surface area contributed by atoms with Crippen molar-refractivity contribution in [3.8, 4) is 11.1 Å². The first-order chi connectivity index (χ1) is 11.0. The number of amides is 1. The Kier molecular flexibility index (Phi) is 6.13. The van der Waals surface area contributed by atoms with Gasteiger partial charge in [-0.05, 0) is 47.7 Å². The number of hydrogen-bond donors (Lipinski definition) is 2. The number of rotatable bonds is 6. The number of aliphatic hydroxyl groups is 1. The van der Waals surface area contributed by atoms with Crippen LogP contribution in [0.4, 0.5) is 4.39 Å². The molecular formula is C18H19ClFNO2. The Balaban J connectivity index is 2.09. The highest BCUT2D eigenvalue weighted by Gasteiger charge is 2.13. The van der Waals surface area contributed by atoms with Gasteiger partial charge >= 0.3 is 0 Å². The van der Waals surface area contributed by atoms with Gasteiger partial charge in [-0.1, -0.05) is 36.7 Å². The molecule has 122 valence electrons. The third-order valence-corrected chi connectivity index (χ3v) is 3.88. The van der Waals surface area contributed by atoms with Crippen LogP contribution >= 0.6 is 11.6 Å². The Bertz CT molecular complexity index is 673. The molecule has 1 atom stereocenters. The summed E-state index contributed by atoms with van der Waals surface area (Å²) < 4.78 is 14.2. The molecule has 0 fully saturated rings. The van der Waals surface area contributed by atoms with Crippen LogP contribution in [0.2, 0.25) is 5.02 Å². The number of aliphatic hydroxyl groups excluding tert-OH is 1. The predicted molar refractivity (Wildman–Crippen MR) is 90.0 cm³/mol. The third-order valence-electron chi connectivity index (χ3n) is 3.62. The van der Waals surface area contributed by atoms with E-state index in [1.807, 2.05) is 6.92 Å². The maximum atomic E-state index is 14.2. The lowest BCUT2D eigenvalue weighted by Crippen LogP contribution is -2.29. The maximum absolute atomic E-state index is 14.2. The molecule has 0 bridgehead atoms. The number of nitrogens with one attached hydrogen (secondary N) is 1. The van der Waals surface area contributed by atoms with Gasteiger partial charge in [0.05, 0.1) is 5.56 Å². The van der Waals surface area contributed by atoms with Gasteiger partial charge < -0.3 is 10.4 Å². The molecule has 0 aliphatic carbocycles. The molecular weight excluding hydrogens is 317 g/mol. The van der Waals surface area contributed by atoms with E-state index in [2.05, 4.69) is 5.32 Å². The Hall–Kier alpha value is -1.91. The number of halogens is 2. The number of carbonyl (C=O) groups is 1. The number of benzene rings is 2. The molecule has 0 spiro atoms. The van der Waals surface area contributed by atoms with E-state index in [0.717, 1.165) is 5.56 Å². The molecule has 0 aliphatic rings. The molecule has 2 N–H and O–H groups in total. The van der Waals surface area contributed by atoms with Crippen molar-refractivity contribution in [1.82, 2.24) is 5.32 Å². The molecule has 3 nitrogen and oxygen atoms in total. The van der Waals surface area contributed by atoms with Crippen LogP contribution in [0.5, 0.6) is 0 Å². The van der Waals surface area contributed by atoms with Crippen LogP contribution in [-0.2, 0) is 0 Å². The van der Waals surface area contributed by atoms with Crippen LogP contribution in [0.3, 0.4) is 0 Å². The summed E-state index contributed by atoms with van der Waals surface area (Å²) in [6, 6.07) is 11.6. The highest BCUT2D eigenvalue weighted by atomic mass is 35.5. The van der Waals surface area contributed by atoms with Gasteiger partial charge in [-0.25, -0.2) is 4.39 Å². The van der Waals surface area contributed by atoms with E-state index in [9.17, 15) is 9.18 Å². The van der Waals surface area contributed by atoms with E-state index >= 15 is 0 Å². The van der Waals surface area contributed by atoms with Crippen LogP contribution < -0.4 is 5.32 Å². The average Bonchev–Trinajstić information content (AvgIpc) is 2.53. The Morgan fingerprint density at radius 3 is 2.48 bits per heavy atom. The standard InChI is InChI=1S/C18H19ClFNO2/c1-12(8-9-22)11-21-18(23)16-7-4-14(10-17(16)20)13-2-5-15(19)6-3-13/h2-7,10,12,22H,8-9,11H2,1H3,(H,21,23). The van der Waals surface area contributed by atoms with Gasteiger partial charge in [0.15, 0.2) is 0 Å². The van der Waals surface area contributed by atoms with Crippen molar-refractivity contribution in [3.05, 3.63) is 58.9 Å². The van der Waals surface area contributed by atoms with Crippen molar-refractivity contribution in [1.29, 1.82) is 0 Å². The zero-order chi connectivity index (χ0) is 16.8. The molecule has 0 aromatic heterocycles. The molecule has 1 unspecified atom stereocenters. The number of hydrogen-bond acceptors (Lipinski definition) is 2. The minimum absolute atomic E-state index is 0.0129. The molecule has 0 heterocycles. The van der Waals surface area contributed by atoms with Crippen molar-refractivity contribution in [2.24, 2.45) is 5.92 Å². The summed E-state index contributed by atoms with van der Waals surface area (Å²) in [7, 11) is 0. The summed E-state index contributed by atoms with van der Waals surface area (Å²) in [5, 5.41) is 12.1. The quantitative estimate of drug-likeness (QED) is 0.841. The van der Waals surface area contributed by atoms with Crippen LogP contribution in [0.1, 0.15) is 23.7 Å². The predicted octanol–water partition coefficient (Wildman–Crippen LogP) is 3.89. The molecule has 2 aromatic rings. The molecule has 0 aliphatic heterocycles. The molecule has 23 heavy (non-hydrogen) atoms. The van der Waals surface area contributed by atoms with Crippen LogP contribution in [0.15, 0.2) is 42.5 Å². The lowest BCUT2D eigenvalue weighted by Gasteiger charge is -2.12. The van der Waals surface area contributed by atoms with E-state index in [1.165, 1.54) is 12.1 Å². The van der Waals surface area contributed by atoms with Crippen LogP contribution in [0.25, 0.3) is 11.1 Å². The van der Waals surface area contributed by atoms with E-state index < -0.39 is 11.7 Å². The van der Waals surface area contributed by atoms with Gasteiger partial charge in [0.1, 0.15) is 5.82 Å². The smallest absolute Gasteiger partial charge is 0.254 e. The molecule has 0 saturated carbocycles. The van der Waals surface area contributed by atoms with E-state index in [-0.39, 0.29) is 18.1 Å². The van der Waals surface area contributed by atoms with E-state index in [4.69, 9.17) is 16.7 Å². The molecule has 2 rings (SSSR count). The lowest BCUT2D eigenvalue weighted by atomic mass is 10.0. The Morgan fingerprint density at radius 1 is 1.22 bits per heavy atom.